The van der Waals surface area contributed by atoms with Gasteiger partial charge in [0.25, 0.3) is 0 Å². The van der Waals surface area contributed by atoms with E-state index in [1.54, 1.807) is 0 Å². The zero-order valence-electron chi connectivity index (χ0n) is 8.69. The second kappa shape index (κ2) is 3.74. The molecule has 1 heterocycles. The minimum Gasteiger partial charge on any atom is -0.352 e. The van der Waals surface area contributed by atoms with E-state index in [9.17, 15) is 8.42 Å². The molecule has 0 radical (unpaired) electrons. The highest BCUT2D eigenvalue weighted by Crippen LogP contribution is 2.08. The molecule has 0 saturated heterocycles. The fourth-order valence-electron chi connectivity index (χ4n) is 1.47. The van der Waals surface area contributed by atoms with Gasteiger partial charge in [0.2, 0.25) is 10.0 Å². The van der Waals surface area contributed by atoms with Gasteiger partial charge in [-0.25, -0.2) is 13.1 Å². The van der Waals surface area contributed by atoms with Gasteiger partial charge in [0.15, 0.2) is 0 Å². The number of aromatic nitrogens is 1. The quantitative estimate of drug-likeness (QED) is 0.810. The molecule has 1 aromatic heterocycles. The van der Waals surface area contributed by atoms with Crippen molar-refractivity contribution in [3.8, 4) is 0 Å². The summed E-state index contributed by atoms with van der Waals surface area (Å²) in [6.45, 7) is 4.33. The van der Waals surface area contributed by atoms with E-state index in [4.69, 9.17) is 0 Å². The summed E-state index contributed by atoms with van der Waals surface area (Å²) in [6, 6.07) is 3.83. The second-order valence-electron chi connectivity index (χ2n) is 4.11. The topological polar surface area (TPSA) is 51.1 Å². The minimum atomic E-state index is -3.15. The molecular weight excluding hydrogens is 200 g/mol. The highest BCUT2D eigenvalue weighted by atomic mass is 32.2. The molecule has 1 rings (SSSR count). The number of rotatable bonds is 4. The van der Waals surface area contributed by atoms with E-state index in [0.717, 1.165) is 0 Å². The zero-order chi connectivity index (χ0) is 10.8. The van der Waals surface area contributed by atoms with Crippen LogP contribution in [0.2, 0.25) is 0 Å². The van der Waals surface area contributed by atoms with Crippen LogP contribution in [0.3, 0.4) is 0 Å². The molecule has 0 amide bonds. The Hall–Kier alpha value is -0.810. The standard InChI is InChI=1S/C9H16N2O2S/c1-9(2,10-14(3,12)13)8-11-6-4-5-7-11/h4-7,10H,8H2,1-3H3. The van der Waals surface area contributed by atoms with Crippen LogP contribution in [-0.2, 0) is 16.6 Å². The third-order valence-electron chi connectivity index (χ3n) is 1.71. The van der Waals surface area contributed by atoms with Gasteiger partial charge in [-0.05, 0) is 26.0 Å². The van der Waals surface area contributed by atoms with Gasteiger partial charge in [-0.1, -0.05) is 0 Å². The van der Waals surface area contributed by atoms with E-state index in [1.165, 1.54) is 6.26 Å². The molecular formula is C9H16N2O2S. The summed E-state index contributed by atoms with van der Waals surface area (Å²) in [7, 11) is -3.15. The van der Waals surface area contributed by atoms with E-state index in [1.807, 2.05) is 42.9 Å². The first-order chi connectivity index (χ1) is 6.29. The van der Waals surface area contributed by atoms with E-state index in [-0.39, 0.29) is 0 Å². The normalized spacial score (nSPS) is 13.1. The maximum absolute atomic E-state index is 11.1. The van der Waals surface area contributed by atoms with Crippen molar-refractivity contribution in [2.45, 2.75) is 25.9 Å². The summed E-state index contributed by atoms with van der Waals surface area (Å²) in [4.78, 5) is 0. The van der Waals surface area contributed by atoms with Gasteiger partial charge < -0.3 is 4.57 Å². The SMILES string of the molecule is CC(C)(Cn1cccc1)NS(C)(=O)=O. The third kappa shape index (κ3) is 3.93. The first-order valence-electron chi connectivity index (χ1n) is 4.38. The van der Waals surface area contributed by atoms with E-state index in [2.05, 4.69) is 4.72 Å². The Bertz CT molecular complexity index is 379. The smallest absolute Gasteiger partial charge is 0.209 e. The Morgan fingerprint density at radius 3 is 2.21 bits per heavy atom. The molecule has 0 unspecified atom stereocenters. The van der Waals surface area contributed by atoms with E-state index >= 15 is 0 Å². The van der Waals surface area contributed by atoms with Gasteiger partial charge in [-0.2, -0.15) is 0 Å². The van der Waals surface area contributed by atoms with Gasteiger partial charge in [-0.3, -0.25) is 0 Å². The molecule has 0 aromatic carbocycles. The van der Waals surface area contributed by atoms with Gasteiger partial charge in [0.05, 0.1) is 6.26 Å². The maximum Gasteiger partial charge on any atom is 0.209 e. The van der Waals surface area contributed by atoms with Crippen LogP contribution in [0, 0.1) is 0 Å². The molecule has 1 N–H and O–H groups in total. The highest BCUT2D eigenvalue weighted by Gasteiger charge is 2.21. The lowest BCUT2D eigenvalue weighted by atomic mass is 10.1. The van der Waals surface area contributed by atoms with Crippen LogP contribution < -0.4 is 4.72 Å². The summed E-state index contributed by atoms with van der Waals surface area (Å²) < 4.78 is 26.6. The summed E-state index contributed by atoms with van der Waals surface area (Å²) in [6.07, 6.45) is 4.99. The first kappa shape index (κ1) is 11.3. The lowest BCUT2D eigenvalue weighted by Crippen LogP contribution is -2.45. The number of sulfonamides is 1. The average molecular weight is 216 g/mol. The Morgan fingerprint density at radius 2 is 1.79 bits per heavy atom. The molecule has 0 atom stereocenters. The molecule has 0 saturated carbocycles. The maximum atomic E-state index is 11.1. The molecule has 1 aromatic rings. The van der Waals surface area contributed by atoms with Gasteiger partial charge in [0.1, 0.15) is 0 Å². The third-order valence-corrected chi connectivity index (χ3v) is 2.63. The van der Waals surface area contributed by atoms with Crippen LogP contribution in [0.1, 0.15) is 13.8 Å². The van der Waals surface area contributed by atoms with Crippen molar-refractivity contribution < 1.29 is 8.42 Å². The molecule has 0 fully saturated rings. The Kier molecular flexibility index (Phi) is 3.01. The van der Waals surface area contributed by atoms with E-state index < -0.39 is 15.6 Å². The summed E-state index contributed by atoms with van der Waals surface area (Å²) >= 11 is 0. The molecule has 0 aliphatic rings. The average Bonchev–Trinajstić information content (AvgIpc) is 2.31. The number of nitrogens with one attached hydrogen (secondary N) is 1. The molecule has 0 aliphatic heterocycles. The predicted octanol–water partition coefficient (Wildman–Crippen LogP) is 0.816. The Labute approximate surface area is 85.0 Å². The molecule has 14 heavy (non-hydrogen) atoms. The van der Waals surface area contributed by atoms with Crippen molar-refractivity contribution in [1.29, 1.82) is 0 Å². The van der Waals surface area contributed by atoms with Crippen molar-refractivity contribution in [2.75, 3.05) is 6.26 Å². The highest BCUT2D eigenvalue weighted by molar-refractivity contribution is 7.88. The van der Waals surface area contributed by atoms with Crippen LogP contribution in [0.25, 0.3) is 0 Å². The summed E-state index contributed by atoms with van der Waals surface area (Å²) in [5.74, 6) is 0. The summed E-state index contributed by atoms with van der Waals surface area (Å²) in [5, 5.41) is 0. The zero-order valence-corrected chi connectivity index (χ0v) is 9.50. The molecule has 0 bridgehead atoms. The number of hydrogen-bond acceptors (Lipinski definition) is 2. The van der Waals surface area contributed by atoms with Crippen LogP contribution >= 0.6 is 0 Å². The number of nitrogens with zero attached hydrogens (tertiary/aromatic N) is 1. The lowest BCUT2D eigenvalue weighted by molar-refractivity contribution is 0.392. The monoisotopic (exact) mass is 216 g/mol. The number of hydrogen-bond donors (Lipinski definition) is 1. The van der Waals surface area contributed by atoms with Crippen LogP contribution in [0.4, 0.5) is 0 Å². The summed E-state index contributed by atoms with van der Waals surface area (Å²) in [5.41, 5.74) is -0.466. The molecule has 80 valence electrons. The molecule has 0 aliphatic carbocycles. The fourth-order valence-corrected chi connectivity index (χ4v) is 2.53. The largest absolute Gasteiger partial charge is 0.352 e. The minimum absolute atomic E-state index is 0.466. The van der Waals surface area contributed by atoms with Gasteiger partial charge in [-0.15, -0.1) is 0 Å². The Morgan fingerprint density at radius 1 is 1.29 bits per heavy atom. The first-order valence-corrected chi connectivity index (χ1v) is 6.27. The molecule has 5 heteroatoms. The predicted molar refractivity (Wildman–Crippen MR) is 56.5 cm³/mol. The van der Waals surface area contributed by atoms with Crippen LogP contribution in [0.5, 0.6) is 0 Å². The van der Waals surface area contributed by atoms with Crippen LogP contribution in [0.15, 0.2) is 24.5 Å². The van der Waals surface area contributed by atoms with Gasteiger partial charge in [0, 0.05) is 24.5 Å². The van der Waals surface area contributed by atoms with E-state index in [0.29, 0.717) is 6.54 Å². The van der Waals surface area contributed by atoms with Crippen molar-refractivity contribution >= 4 is 10.0 Å². The Balaban J connectivity index is 2.67. The molecule has 4 nitrogen and oxygen atoms in total. The molecule has 0 spiro atoms. The van der Waals surface area contributed by atoms with Crippen molar-refractivity contribution in [3.05, 3.63) is 24.5 Å². The fraction of sp³-hybridized carbons (Fsp3) is 0.556. The van der Waals surface area contributed by atoms with Crippen LogP contribution in [-0.4, -0.2) is 24.8 Å². The van der Waals surface area contributed by atoms with Crippen molar-refractivity contribution in [2.24, 2.45) is 0 Å². The van der Waals surface area contributed by atoms with Crippen molar-refractivity contribution in [3.63, 3.8) is 0 Å². The van der Waals surface area contributed by atoms with Gasteiger partial charge >= 0.3 is 0 Å². The lowest BCUT2D eigenvalue weighted by Gasteiger charge is -2.25. The second-order valence-corrected chi connectivity index (χ2v) is 5.86. The van der Waals surface area contributed by atoms with Crippen molar-refractivity contribution in [1.82, 2.24) is 9.29 Å².